The van der Waals surface area contributed by atoms with E-state index in [0.29, 0.717) is 29.9 Å². The molecule has 0 N–H and O–H groups in total. The Hall–Kier alpha value is -3.14. The third-order valence-electron chi connectivity index (χ3n) is 6.80. The topological polar surface area (TPSA) is 97.6 Å². The van der Waals surface area contributed by atoms with Gasteiger partial charge in [0, 0.05) is 31.4 Å². The molecule has 1 amide bonds. The van der Waals surface area contributed by atoms with E-state index in [1.165, 1.54) is 10.3 Å². The summed E-state index contributed by atoms with van der Waals surface area (Å²) in [4.78, 5) is 26.1. The summed E-state index contributed by atoms with van der Waals surface area (Å²) in [6.45, 7) is 18.6. The van der Waals surface area contributed by atoms with E-state index in [-0.39, 0.29) is 28.5 Å². The Bertz CT molecular complexity index is 1450. The first-order valence-corrected chi connectivity index (χ1v) is 14.4. The Balaban J connectivity index is 1.82. The molecule has 0 spiro atoms. The smallest absolute Gasteiger partial charge is 0.410 e. The molecule has 38 heavy (non-hydrogen) atoms. The highest BCUT2D eigenvalue weighted by Gasteiger charge is 2.37. The van der Waals surface area contributed by atoms with Crippen LogP contribution < -0.4 is 4.90 Å². The number of rotatable bonds is 3. The fourth-order valence-electron chi connectivity index (χ4n) is 4.81. The lowest BCUT2D eigenvalue weighted by Gasteiger charge is -2.45. The van der Waals surface area contributed by atoms with Crippen molar-refractivity contribution in [1.82, 2.24) is 18.8 Å². The standard InChI is InChI=1S/C28H39N5O4S/c1-18-10-12-21(13-11-18)38(35,36)33-16-22(27(4,5)6)23-24(29-17-30-25(23)33)31-14-20(3)32(15-19(31)2)26(34)37-28(7,8)9/h10-13,16-17,19-20H,14-15H2,1-9H3/t19?,20-/m0/s1. The van der Waals surface area contributed by atoms with Crippen LogP contribution in [0.2, 0.25) is 0 Å². The Morgan fingerprint density at radius 3 is 2.18 bits per heavy atom. The zero-order chi connectivity index (χ0) is 28.2. The van der Waals surface area contributed by atoms with Gasteiger partial charge < -0.3 is 14.5 Å². The van der Waals surface area contributed by atoms with Crippen molar-refractivity contribution in [2.75, 3.05) is 18.0 Å². The van der Waals surface area contributed by atoms with Crippen molar-refractivity contribution in [2.24, 2.45) is 0 Å². The van der Waals surface area contributed by atoms with Gasteiger partial charge in [-0.1, -0.05) is 38.5 Å². The van der Waals surface area contributed by atoms with Gasteiger partial charge in [0.15, 0.2) is 5.65 Å². The van der Waals surface area contributed by atoms with Crippen molar-refractivity contribution in [3.05, 3.63) is 47.9 Å². The van der Waals surface area contributed by atoms with Crippen LogP contribution in [0.15, 0.2) is 41.7 Å². The minimum Gasteiger partial charge on any atom is -0.444 e. The van der Waals surface area contributed by atoms with Gasteiger partial charge in [-0.15, -0.1) is 0 Å². The van der Waals surface area contributed by atoms with Crippen LogP contribution in [0.4, 0.5) is 10.6 Å². The number of ether oxygens (including phenoxy) is 1. The van der Waals surface area contributed by atoms with Crippen LogP contribution in [-0.4, -0.2) is 64.1 Å². The fourth-order valence-corrected chi connectivity index (χ4v) is 6.13. The van der Waals surface area contributed by atoms with E-state index in [1.54, 1.807) is 35.4 Å². The van der Waals surface area contributed by atoms with Gasteiger partial charge in [-0.3, -0.25) is 0 Å². The van der Waals surface area contributed by atoms with E-state index in [1.807, 2.05) is 62.3 Å². The van der Waals surface area contributed by atoms with Crippen molar-refractivity contribution >= 4 is 33.0 Å². The number of hydrogen-bond donors (Lipinski definition) is 0. The van der Waals surface area contributed by atoms with E-state index in [4.69, 9.17) is 4.74 Å². The molecule has 10 heteroatoms. The zero-order valence-corrected chi connectivity index (χ0v) is 24.6. The second-order valence-corrected chi connectivity index (χ2v) is 14.1. The van der Waals surface area contributed by atoms with Crippen LogP contribution in [0.1, 0.15) is 66.5 Å². The highest BCUT2D eigenvalue weighted by Crippen LogP contribution is 2.38. The molecule has 0 saturated carbocycles. The molecule has 206 valence electrons. The van der Waals surface area contributed by atoms with Gasteiger partial charge in [0.05, 0.1) is 10.3 Å². The van der Waals surface area contributed by atoms with Crippen LogP contribution >= 0.6 is 0 Å². The zero-order valence-electron chi connectivity index (χ0n) is 23.8. The molecular weight excluding hydrogens is 502 g/mol. The van der Waals surface area contributed by atoms with E-state index >= 15 is 0 Å². The molecule has 1 unspecified atom stereocenters. The maximum Gasteiger partial charge on any atom is 0.410 e. The van der Waals surface area contributed by atoms with Gasteiger partial charge in [-0.2, -0.15) is 0 Å². The molecule has 1 aliphatic heterocycles. The predicted molar refractivity (Wildman–Crippen MR) is 149 cm³/mol. The van der Waals surface area contributed by atoms with Crippen molar-refractivity contribution < 1.29 is 17.9 Å². The molecule has 2 aromatic heterocycles. The number of benzene rings is 1. The van der Waals surface area contributed by atoms with Crippen LogP contribution in [-0.2, 0) is 20.2 Å². The van der Waals surface area contributed by atoms with Gasteiger partial charge >= 0.3 is 6.09 Å². The molecule has 0 aliphatic carbocycles. The highest BCUT2D eigenvalue weighted by molar-refractivity contribution is 7.90. The first-order valence-electron chi connectivity index (χ1n) is 13.0. The summed E-state index contributed by atoms with van der Waals surface area (Å²) in [6.07, 6.45) is 2.77. The van der Waals surface area contributed by atoms with Crippen LogP contribution in [0, 0.1) is 6.92 Å². The molecule has 1 aromatic carbocycles. The highest BCUT2D eigenvalue weighted by atomic mass is 32.2. The maximum absolute atomic E-state index is 13.8. The van der Waals surface area contributed by atoms with Crippen LogP contribution in [0.5, 0.6) is 0 Å². The average Bonchev–Trinajstić information content (AvgIpc) is 3.21. The summed E-state index contributed by atoms with van der Waals surface area (Å²) in [6, 6.07) is 6.60. The molecule has 0 radical (unpaired) electrons. The minimum absolute atomic E-state index is 0.0818. The Kier molecular flexibility index (Phi) is 7.01. The molecule has 1 aliphatic rings. The summed E-state index contributed by atoms with van der Waals surface area (Å²) in [5.41, 5.74) is 1.21. The van der Waals surface area contributed by atoms with Gasteiger partial charge in [-0.05, 0) is 64.7 Å². The van der Waals surface area contributed by atoms with Gasteiger partial charge in [0.1, 0.15) is 17.7 Å². The largest absolute Gasteiger partial charge is 0.444 e. The molecule has 3 aromatic rings. The molecule has 4 rings (SSSR count). The van der Waals surface area contributed by atoms with E-state index < -0.39 is 15.6 Å². The summed E-state index contributed by atoms with van der Waals surface area (Å²) >= 11 is 0. The third kappa shape index (κ3) is 5.23. The molecule has 9 nitrogen and oxygen atoms in total. The molecule has 0 bridgehead atoms. The van der Waals surface area contributed by atoms with E-state index in [9.17, 15) is 13.2 Å². The SMILES string of the molecule is Cc1ccc(S(=O)(=O)n2cc(C(C)(C)C)c3c(N4C[C@H](C)N(C(=O)OC(C)(C)C)CC4C)ncnc32)cc1. The van der Waals surface area contributed by atoms with Crippen molar-refractivity contribution in [3.8, 4) is 0 Å². The van der Waals surface area contributed by atoms with E-state index in [2.05, 4.69) is 14.9 Å². The summed E-state index contributed by atoms with van der Waals surface area (Å²) in [5, 5.41) is 0.709. The van der Waals surface area contributed by atoms with E-state index in [0.717, 1.165) is 11.1 Å². The molecular formula is C28H39N5O4S. The summed E-state index contributed by atoms with van der Waals surface area (Å²) in [7, 11) is -3.89. The summed E-state index contributed by atoms with van der Waals surface area (Å²) < 4.78 is 34.4. The number of aromatic nitrogens is 3. The first-order chi connectivity index (χ1) is 17.5. The van der Waals surface area contributed by atoms with Crippen LogP contribution in [0.25, 0.3) is 11.0 Å². The molecule has 2 atom stereocenters. The quantitative estimate of drug-likeness (QED) is 0.455. The number of aryl methyl sites for hydroxylation is 1. The number of carbonyl (C=O) groups is 1. The maximum atomic E-state index is 13.8. The number of fused-ring (bicyclic) bond motifs is 1. The molecule has 1 fully saturated rings. The van der Waals surface area contributed by atoms with Crippen molar-refractivity contribution in [2.45, 2.75) is 90.3 Å². The number of hydrogen-bond acceptors (Lipinski definition) is 7. The monoisotopic (exact) mass is 541 g/mol. The lowest BCUT2D eigenvalue weighted by molar-refractivity contribution is 0.0130. The molecule has 1 saturated heterocycles. The van der Waals surface area contributed by atoms with Crippen LogP contribution in [0.3, 0.4) is 0 Å². The van der Waals surface area contributed by atoms with Crippen molar-refractivity contribution in [1.29, 1.82) is 0 Å². The predicted octanol–water partition coefficient (Wildman–Crippen LogP) is 5.11. The number of anilines is 1. The Labute approximate surface area is 225 Å². The average molecular weight is 542 g/mol. The Morgan fingerprint density at radius 2 is 1.61 bits per heavy atom. The lowest BCUT2D eigenvalue weighted by atomic mass is 9.87. The van der Waals surface area contributed by atoms with Gasteiger partial charge in [0.2, 0.25) is 0 Å². The van der Waals surface area contributed by atoms with Gasteiger partial charge in [-0.25, -0.2) is 27.2 Å². The minimum atomic E-state index is -3.89. The van der Waals surface area contributed by atoms with Crippen molar-refractivity contribution in [3.63, 3.8) is 0 Å². The third-order valence-corrected chi connectivity index (χ3v) is 8.47. The second kappa shape index (κ2) is 9.55. The number of nitrogens with zero attached hydrogens (tertiary/aromatic N) is 5. The number of carbonyl (C=O) groups excluding carboxylic acids is 1. The second-order valence-electron chi connectivity index (χ2n) is 12.3. The summed E-state index contributed by atoms with van der Waals surface area (Å²) in [5.74, 6) is 0.668. The number of piperazine rings is 1. The Morgan fingerprint density at radius 1 is 0.974 bits per heavy atom. The number of amides is 1. The lowest BCUT2D eigenvalue weighted by Crippen LogP contribution is -2.59. The fraction of sp³-hybridized carbons (Fsp3) is 0.536. The van der Waals surface area contributed by atoms with Gasteiger partial charge in [0.25, 0.3) is 10.0 Å². The first kappa shape index (κ1) is 27.9. The molecule has 3 heterocycles. The normalized spacial score (nSPS) is 19.2.